The van der Waals surface area contributed by atoms with Gasteiger partial charge in [0.05, 0.1) is 24.4 Å². The Morgan fingerprint density at radius 3 is 2.40 bits per heavy atom. The minimum atomic E-state index is -1.35. The highest BCUT2D eigenvalue weighted by molar-refractivity contribution is 5.86. The van der Waals surface area contributed by atoms with Crippen molar-refractivity contribution in [3.05, 3.63) is 21.6 Å². The smallest absolute Gasteiger partial charge is 0.267 e. The molecule has 1 aromatic rings. The van der Waals surface area contributed by atoms with Crippen LogP contribution in [-0.4, -0.2) is 67.7 Å². The molecular formula is C15H24N4O6. The maximum Gasteiger partial charge on any atom is 0.267 e. The number of aliphatic hydroxyl groups excluding tert-OH is 3. The minimum absolute atomic E-state index is 0.0501. The number of carbonyl (C=O) groups is 2. The summed E-state index contributed by atoms with van der Waals surface area (Å²) in [6.07, 6.45) is -3.58. The van der Waals surface area contributed by atoms with Crippen LogP contribution in [0.2, 0.25) is 0 Å². The summed E-state index contributed by atoms with van der Waals surface area (Å²) in [7, 11) is 0. The standard InChI is InChI=1S/C15H24N4O6/c1-5(16-7(3)21)14(24)17-12(6(2)20)11-10-8(18-19-15(10)25)4-9(22)13(11)23/h5-6,9,11-13,20,22-23H,4H2,1-3H3,(H,16,21)(H,17,24)(H2,18,19,25). The first-order valence-corrected chi connectivity index (χ1v) is 8.04. The lowest BCUT2D eigenvalue weighted by Crippen LogP contribution is -2.57. The van der Waals surface area contributed by atoms with Crippen molar-refractivity contribution in [2.45, 2.75) is 63.5 Å². The summed E-state index contributed by atoms with van der Waals surface area (Å²) in [4.78, 5) is 35.5. The van der Waals surface area contributed by atoms with E-state index < -0.39 is 53.7 Å². The molecule has 140 valence electrons. The van der Waals surface area contributed by atoms with Gasteiger partial charge in [0.25, 0.3) is 5.56 Å². The molecule has 2 amide bonds. The molecule has 0 saturated heterocycles. The van der Waals surface area contributed by atoms with Gasteiger partial charge in [0, 0.05) is 30.5 Å². The number of aromatic amines is 2. The van der Waals surface area contributed by atoms with E-state index in [1.807, 2.05) is 0 Å². The van der Waals surface area contributed by atoms with E-state index in [9.17, 15) is 29.7 Å². The SMILES string of the molecule is CC(=O)NC(C)C(=O)NC(C(C)O)C1c2c([nH][nH]c2=O)CC(O)C1O. The van der Waals surface area contributed by atoms with E-state index in [-0.39, 0.29) is 12.0 Å². The van der Waals surface area contributed by atoms with Crippen LogP contribution in [0.5, 0.6) is 0 Å². The number of hydrogen-bond donors (Lipinski definition) is 7. The van der Waals surface area contributed by atoms with Gasteiger partial charge < -0.3 is 31.1 Å². The maximum absolute atomic E-state index is 12.3. The fourth-order valence-corrected chi connectivity index (χ4v) is 3.22. The van der Waals surface area contributed by atoms with Crippen molar-refractivity contribution < 1.29 is 24.9 Å². The third-order valence-corrected chi connectivity index (χ3v) is 4.43. The third kappa shape index (κ3) is 3.91. The summed E-state index contributed by atoms with van der Waals surface area (Å²) in [5.41, 5.74) is 0.125. The predicted octanol–water partition coefficient (Wildman–Crippen LogP) is -2.55. The molecule has 1 aliphatic rings. The normalized spacial score (nSPS) is 26.2. The molecule has 10 heteroatoms. The monoisotopic (exact) mass is 356 g/mol. The zero-order valence-electron chi connectivity index (χ0n) is 14.2. The van der Waals surface area contributed by atoms with Gasteiger partial charge in [0.2, 0.25) is 11.8 Å². The van der Waals surface area contributed by atoms with Crippen LogP contribution < -0.4 is 16.2 Å². The number of aromatic nitrogens is 2. The highest BCUT2D eigenvalue weighted by Gasteiger charge is 2.44. The molecule has 1 heterocycles. The molecule has 0 aliphatic heterocycles. The van der Waals surface area contributed by atoms with E-state index in [1.54, 1.807) is 0 Å². The Morgan fingerprint density at radius 1 is 1.20 bits per heavy atom. The number of H-pyrrole nitrogens is 2. The molecule has 0 bridgehead atoms. The second kappa shape index (κ2) is 7.38. The Labute approximate surface area is 143 Å². The van der Waals surface area contributed by atoms with Crippen molar-refractivity contribution in [1.29, 1.82) is 0 Å². The lowest BCUT2D eigenvalue weighted by atomic mass is 9.76. The van der Waals surface area contributed by atoms with E-state index >= 15 is 0 Å². The number of fused-ring (bicyclic) bond motifs is 1. The summed E-state index contributed by atoms with van der Waals surface area (Å²) in [6.45, 7) is 4.14. The average molecular weight is 356 g/mol. The second-order valence-corrected chi connectivity index (χ2v) is 6.46. The van der Waals surface area contributed by atoms with Crippen LogP contribution in [0.15, 0.2) is 4.79 Å². The topological polar surface area (TPSA) is 168 Å². The number of amides is 2. The van der Waals surface area contributed by atoms with Crippen LogP contribution in [0, 0.1) is 0 Å². The Hall–Kier alpha value is -2.17. The van der Waals surface area contributed by atoms with Crippen molar-refractivity contribution in [3.8, 4) is 0 Å². The third-order valence-electron chi connectivity index (χ3n) is 4.43. The van der Waals surface area contributed by atoms with Crippen LogP contribution >= 0.6 is 0 Å². The molecule has 0 spiro atoms. The second-order valence-electron chi connectivity index (χ2n) is 6.46. The van der Waals surface area contributed by atoms with Gasteiger partial charge in [0.15, 0.2) is 0 Å². The van der Waals surface area contributed by atoms with Crippen LogP contribution in [0.25, 0.3) is 0 Å². The van der Waals surface area contributed by atoms with Crippen LogP contribution in [0.3, 0.4) is 0 Å². The molecule has 0 aromatic carbocycles. The van der Waals surface area contributed by atoms with E-state index in [1.165, 1.54) is 20.8 Å². The first-order chi connectivity index (χ1) is 11.6. The summed E-state index contributed by atoms with van der Waals surface area (Å²) in [6, 6.07) is -1.90. The molecule has 10 nitrogen and oxygen atoms in total. The van der Waals surface area contributed by atoms with Gasteiger partial charge in [0.1, 0.15) is 6.04 Å². The highest BCUT2D eigenvalue weighted by atomic mass is 16.3. The molecule has 0 saturated carbocycles. The van der Waals surface area contributed by atoms with E-state index in [2.05, 4.69) is 20.8 Å². The minimum Gasteiger partial charge on any atom is -0.391 e. The zero-order chi connectivity index (χ0) is 18.9. The average Bonchev–Trinajstić information content (AvgIpc) is 2.86. The van der Waals surface area contributed by atoms with Gasteiger partial charge in [-0.15, -0.1) is 0 Å². The van der Waals surface area contributed by atoms with Gasteiger partial charge in [-0.3, -0.25) is 19.5 Å². The van der Waals surface area contributed by atoms with Crippen molar-refractivity contribution in [2.75, 3.05) is 0 Å². The highest BCUT2D eigenvalue weighted by Crippen LogP contribution is 2.32. The van der Waals surface area contributed by atoms with Gasteiger partial charge in [-0.05, 0) is 13.8 Å². The van der Waals surface area contributed by atoms with Gasteiger partial charge in [-0.1, -0.05) is 0 Å². The summed E-state index contributed by atoms with van der Waals surface area (Å²) >= 11 is 0. The van der Waals surface area contributed by atoms with E-state index in [4.69, 9.17) is 0 Å². The lowest BCUT2D eigenvalue weighted by Gasteiger charge is -2.38. The fourth-order valence-electron chi connectivity index (χ4n) is 3.22. The van der Waals surface area contributed by atoms with Crippen molar-refractivity contribution in [3.63, 3.8) is 0 Å². The number of carbonyl (C=O) groups excluding carboxylic acids is 2. The number of nitrogens with one attached hydrogen (secondary N) is 4. The number of hydrogen-bond acceptors (Lipinski definition) is 6. The van der Waals surface area contributed by atoms with Crippen LogP contribution in [0.4, 0.5) is 0 Å². The number of rotatable bonds is 5. The first-order valence-electron chi connectivity index (χ1n) is 8.04. The largest absolute Gasteiger partial charge is 0.391 e. The molecule has 7 N–H and O–H groups in total. The Morgan fingerprint density at radius 2 is 1.84 bits per heavy atom. The lowest BCUT2D eigenvalue weighted by molar-refractivity contribution is -0.129. The van der Waals surface area contributed by atoms with Crippen molar-refractivity contribution in [1.82, 2.24) is 20.8 Å². The van der Waals surface area contributed by atoms with E-state index in [0.29, 0.717) is 5.69 Å². The molecule has 2 rings (SSSR count). The zero-order valence-corrected chi connectivity index (χ0v) is 14.2. The van der Waals surface area contributed by atoms with Gasteiger partial charge in [-0.25, -0.2) is 0 Å². The Bertz CT molecular complexity index is 696. The van der Waals surface area contributed by atoms with Crippen LogP contribution in [0.1, 0.15) is 37.9 Å². The predicted molar refractivity (Wildman–Crippen MR) is 86.8 cm³/mol. The molecule has 1 aliphatic carbocycles. The molecule has 1 aromatic heterocycles. The molecular weight excluding hydrogens is 332 g/mol. The fraction of sp³-hybridized carbons (Fsp3) is 0.667. The quantitative estimate of drug-likeness (QED) is 0.307. The Balaban J connectivity index is 2.33. The molecule has 6 unspecified atom stereocenters. The summed E-state index contributed by atoms with van der Waals surface area (Å²) in [5.74, 6) is -1.99. The molecule has 6 atom stereocenters. The summed E-state index contributed by atoms with van der Waals surface area (Å²) in [5, 5.41) is 40.6. The van der Waals surface area contributed by atoms with Crippen molar-refractivity contribution >= 4 is 11.8 Å². The summed E-state index contributed by atoms with van der Waals surface area (Å²) < 4.78 is 0. The van der Waals surface area contributed by atoms with Crippen molar-refractivity contribution in [2.24, 2.45) is 0 Å². The van der Waals surface area contributed by atoms with Gasteiger partial charge in [-0.2, -0.15) is 0 Å². The maximum atomic E-state index is 12.3. The molecule has 0 fully saturated rings. The van der Waals surface area contributed by atoms with Crippen LogP contribution in [-0.2, 0) is 16.0 Å². The van der Waals surface area contributed by atoms with E-state index in [0.717, 1.165) is 0 Å². The molecule has 25 heavy (non-hydrogen) atoms. The molecule has 0 radical (unpaired) electrons. The van der Waals surface area contributed by atoms with Gasteiger partial charge >= 0.3 is 0 Å². The Kier molecular flexibility index (Phi) is 5.65. The number of aliphatic hydroxyl groups is 3. The first kappa shape index (κ1) is 19.2.